The minimum atomic E-state index is 0.0152. The van der Waals surface area contributed by atoms with Crippen molar-refractivity contribution in [3.05, 3.63) is 28.2 Å². The Morgan fingerprint density at radius 2 is 2.29 bits per heavy atom. The lowest BCUT2D eigenvalue weighted by Crippen LogP contribution is -2.45. The molecular formula is C16H24N6OS. The molecule has 3 heterocycles. The number of likely N-dealkylation sites (tertiary alicyclic amines) is 1. The Morgan fingerprint density at radius 3 is 3.00 bits per heavy atom. The van der Waals surface area contributed by atoms with Gasteiger partial charge in [0.15, 0.2) is 0 Å². The average molecular weight is 348 g/mol. The number of aryl methyl sites for hydroxylation is 3. The van der Waals surface area contributed by atoms with Crippen LogP contribution in [-0.2, 0) is 6.54 Å². The predicted octanol–water partition coefficient (Wildman–Crippen LogP) is 2.68. The van der Waals surface area contributed by atoms with Gasteiger partial charge in [0.2, 0.25) is 0 Å². The molecule has 130 valence electrons. The zero-order valence-corrected chi connectivity index (χ0v) is 15.1. The smallest absolute Gasteiger partial charge is 0.317 e. The monoisotopic (exact) mass is 348 g/mol. The predicted molar refractivity (Wildman–Crippen MR) is 92.9 cm³/mol. The van der Waals surface area contributed by atoms with Crippen LogP contribution in [0.25, 0.3) is 0 Å². The maximum Gasteiger partial charge on any atom is 0.317 e. The van der Waals surface area contributed by atoms with Gasteiger partial charge in [-0.1, -0.05) is 0 Å². The van der Waals surface area contributed by atoms with Crippen LogP contribution in [0, 0.1) is 13.8 Å². The van der Waals surface area contributed by atoms with Gasteiger partial charge in [0.25, 0.3) is 0 Å². The Morgan fingerprint density at radius 1 is 1.42 bits per heavy atom. The van der Waals surface area contributed by atoms with Crippen molar-refractivity contribution >= 4 is 17.4 Å². The van der Waals surface area contributed by atoms with Crippen molar-refractivity contribution in [2.75, 3.05) is 13.1 Å². The Kier molecular flexibility index (Phi) is 5.44. The number of hydrogen-bond donors (Lipinski definition) is 1. The Bertz CT molecular complexity index is 668. The zero-order valence-electron chi connectivity index (χ0n) is 14.2. The fraction of sp³-hybridized carbons (Fsp3) is 0.625. The summed E-state index contributed by atoms with van der Waals surface area (Å²) in [5.41, 5.74) is 0. The van der Waals surface area contributed by atoms with E-state index in [1.165, 1.54) is 0 Å². The van der Waals surface area contributed by atoms with Gasteiger partial charge in [-0.2, -0.15) is 5.10 Å². The maximum atomic E-state index is 12.5. The highest BCUT2D eigenvalue weighted by atomic mass is 32.1. The molecule has 0 bridgehead atoms. The third-order valence-electron chi connectivity index (χ3n) is 4.29. The lowest BCUT2D eigenvalue weighted by Gasteiger charge is -2.34. The molecule has 2 amide bonds. The van der Waals surface area contributed by atoms with Gasteiger partial charge in [0, 0.05) is 31.2 Å². The molecule has 1 N–H and O–H groups in total. The average Bonchev–Trinajstić information content (AvgIpc) is 3.21. The number of nitrogens with zero attached hydrogens (tertiary/aromatic N) is 5. The van der Waals surface area contributed by atoms with Crippen LogP contribution in [0.1, 0.15) is 48.4 Å². The number of amides is 2. The van der Waals surface area contributed by atoms with Gasteiger partial charge < -0.3 is 10.2 Å². The summed E-state index contributed by atoms with van der Waals surface area (Å²) >= 11 is 1.63. The van der Waals surface area contributed by atoms with E-state index < -0.39 is 0 Å². The molecule has 1 saturated heterocycles. The molecule has 7 nitrogen and oxygen atoms in total. The van der Waals surface area contributed by atoms with Gasteiger partial charge in [-0.05, 0) is 39.5 Å². The van der Waals surface area contributed by atoms with E-state index in [1.54, 1.807) is 11.3 Å². The van der Waals surface area contributed by atoms with E-state index >= 15 is 0 Å². The molecule has 0 aliphatic carbocycles. The van der Waals surface area contributed by atoms with Gasteiger partial charge >= 0.3 is 6.03 Å². The summed E-state index contributed by atoms with van der Waals surface area (Å²) in [6.07, 6.45) is 5.86. The summed E-state index contributed by atoms with van der Waals surface area (Å²) in [6, 6.07) is 0.139. The van der Waals surface area contributed by atoms with Crippen LogP contribution in [0.4, 0.5) is 4.79 Å². The number of thiazole rings is 1. The van der Waals surface area contributed by atoms with Crippen molar-refractivity contribution in [1.82, 2.24) is 30.0 Å². The van der Waals surface area contributed by atoms with E-state index in [9.17, 15) is 4.79 Å². The minimum absolute atomic E-state index is 0.0152. The van der Waals surface area contributed by atoms with Crippen molar-refractivity contribution in [3.8, 4) is 0 Å². The van der Waals surface area contributed by atoms with Crippen LogP contribution < -0.4 is 5.32 Å². The van der Waals surface area contributed by atoms with Gasteiger partial charge in [0.05, 0.1) is 6.04 Å². The quantitative estimate of drug-likeness (QED) is 0.843. The molecule has 2 aromatic rings. The van der Waals surface area contributed by atoms with E-state index in [0.717, 1.165) is 55.4 Å². The Labute approximate surface area is 146 Å². The van der Waals surface area contributed by atoms with Gasteiger partial charge in [-0.3, -0.25) is 4.68 Å². The summed E-state index contributed by atoms with van der Waals surface area (Å²) in [7, 11) is 0. The number of rotatable bonds is 5. The lowest BCUT2D eigenvalue weighted by molar-refractivity contribution is 0.151. The summed E-state index contributed by atoms with van der Waals surface area (Å²) in [5, 5.41) is 10.4. The Balaban J connectivity index is 1.49. The standard InChI is InChI=1S/C16H24N6OS/c1-12-19-13(2)22(20-12)10-5-7-18-16(23)21-9-4-3-6-14(21)15-17-8-11-24-15/h8,11,14H,3-7,9-10H2,1-2H3,(H,18,23). The molecule has 8 heteroatoms. The molecular weight excluding hydrogens is 324 g/mol. The Hall–Kier alpha value is -1.96. The first-order chi connectivity index (χ1) is 11.6. The fourth-order valence-electron chi connectivity index (χ4n) is 3.13. The molecule has 0 spiro atoms. The number of hydrogen-bond acceptors (Lipinski definition) is 5. The van der Waals surface area contributed by atoms with Crippen LogP contribution in [-0.4, -0.2) is 43.8 Å². The van der Waals surface area contributed by atoms with E-state index in [1.807, 2.05) is 35.0 Å². The summed E-state index contributed by atoms with van der Waals surface area (Å²) in [5.74, 6) is 1.70. The topological polar surface area (TPSA) is 75.9 Å². The molecule has 1 atom stereocenters. The van der Waals surface area contributed by atoms with Crippen molar-refractivity contribution < 1.29 is 4.79 Å². The molecule has 1 aliphatic rings. The van der Waals surface area contributed by atoms with Crippen molar-refractivity contribution in [2.45, 2.75) is 52.1 Å². The van der Waals surface area contributed by atoms with Crippen LogP contribution >= 0.6 is 11.3 Å². The molecule has 0 aromatic carbocycles. The highest BCUT2D eigenvalue weighted by Gasteiger charge is 2.29. The highest BCUT2D eigenvalue weighted by molar-refractivity contribution is 7.09. The summed E-state index contributed by atoms with van der Waals surface area (Å²) in [4.78, 5) is 23.2. The normalized spacial score (nSPS) is 17.9. The number of aromatic nitrogens is 4. The number of carbonyl (C=O) groups excluding carboxylic acids is 1. The molecule has 0 saturated carbocycles. The maximum absolute atomic E-state index is 12.5. The molecule has 3 rings (SSSR count). The molecule has 1 fully saturated rings. The van der Waals surface area contributed by atoms with Gasteiger partial charge in [0.1, 0.15) is 16.7 Å². The van der Waals surface area contributed by atoms with Crippen LogP contribution in [0.2, 0.25) is 0 Å². The fourth-order valence-corrected chi connectivity index (χ4v) is 3.91. The number of carbonyl (C=O) groups is 1. The summed E-state index contributed by atoms with van der Waals surface area (Å²) in [6.45, 7) is 6.05. The first-order valence-corrected chi connectivity index (χ1v) is 9.35. The van der Waals surface area contributed by atoms with Crippen molar-refractivity contribution in [2.24, 2.45) is 0 Å². The van der Waals surface area contributed by atoms with Crippen LogP contribution in [0.3, 0.4) is 0 Å². The minimum Gasteiger partial charge on any atom is -0.338 e. The zero-order chi connectivity index (χ0) is 16.9. The lowest BCUT2D eigenvalue weighted by atomic mass is 10.0. The van der Waals surface area contributed by atoms with Crippen molar-refractivity contribution in [1.29, 1.82) is 0 Å². The molecule has 1 aliphatic heterocycles. The third-order valence-corrected chi connectivity index (χ3v) is 5.16. The second-order valence-corrected chi connectivity index (χ2v) is 7.02. The van der Waals surface area contributed by atoms with Crippen molar-refractivity contribution in [3.63, 3.8) is 0 Å². The third kappa shape index (κ3) is 3.92. The van der Waals surface area contributed by atoms with E-state index in [2.05, 4.69) is 20.4 Å². The second-order valence-electron chi connectivity index (χ2n) is 6.09. The molecule has 0 radical (unpaired) electrons. The molecule has 24 heavy (non-hydrogen) atoms. The van der Waals surface area contributed by atoms with E-state index in [-0.39, 0.29) is 12.1 Å². The summed E-state index contributed by atoms with van der Waals surface area (Å²) < 4.78 is 1.89. The first kappa shape index (κ1) is 16.9. The number of urea groups is 1. The molecule has 1 unspecified atom stereocenters. The van der Waals surface area contributed by atoms with Gasteiger partial charge in [-0.25, -0.2) is 14.8 Å². The molecule has 2 aromatic heterocycles. The van der Waals surface area contributed by atoms with E-state index in [4.69, 9.17) is 0 Å². The SMILES string of the molecule is Cc1nc(C)n(CCCNC(=O)N2CCCCC2c2nccs2)n1. The highest BCUT2D eigenvalue weighted by Crippen LogP contribution is 2.31. The largest absolute Gasteiger partial charge is 0.338 e. The van der Waals surface area contributed by atoms with Crippen LogP contribution in [0.15, 0.2) is 11.6 Å². The van der Waals surface area contributed by atoms with E-state index in [0.29, 0.717) is 6.54 Å². The number of nitrogens with one attached hydrogen (secondary N) is 1. The van der Waals surface area contributed by atoms with Crippen LogP contribution in [0.5, 0.6) is 0 Å². The first-order valence-electron chi connectivity index (χ1n) is 8.47. The second kappa shape index (κ2) is 7.74. The van der Waals surface area contributed by atoms with Gasteiger partial charge in [-0.15, -0.1) is 11.3 Å². The number of piperidine rings is 1.